The maximum atomic E-state index is 11.9. The highest BCUT2D eigenvalue weighted by molar-refractivity contribution is 7.12. The molecule has 1 aliphatic carbocycles. The molecule has 1 unspecified atom stereocenters. The Morgan fingerprint density at radius 1 is 1.59 bits per heavy atom. The molecule has 94 valence electrons. The van der Waals surface area contributed by atoms with Gasteiger partial charge in [-0.25, -0.2) is 4.79 Å². The Hall–Kier alpha value is -0.870. The standard InChI is InChI=1S/C13H19NO2S/c1-3-16-13(15)12(14-8-10-5-6-10)11-7-4-9(2)17-11/h4,7,10,12,14H,3,5-6,8H2,1-2H3. The molecule has 1 fully saturated rings. The molecule has 1 aromatic rings. The summed E-state index contributed by atoms with van der Waals surface area (Å²) >= 11 is 1.66. The minimum Gasteiger partial charge on any atom is -0.465 e. The lowest BCUT2D eigenvalue weighted by atomic mass is 10.2. The molecule has 2 rings (SSSR count). The summed E-state index contributed by atoms with van der Waals surface area (Å²) in [4.78, 5) is 14.2. The molecule has 1 atom stereocenters. The van der Waals surface area contributed by atoms with Crippen molar-refractivity contribution in [3.8, 4) is 0 Å². The quantitative estimate of drug-likeness (QED) is 0.792. The van der Waals surface area contributed by atoms with Crippen molar-refractivity contribution in [2.24, 2.45) is 5.92 Å². The normalized spacial score (nSPS) is 16.8. The van der Waals surface area contributed by atoms with E-state index in [0.717, 1.165) is 17.3 Å². The topological polar surface area (TPSA) is 38.3 Å². The van der Waals surface area contributed by atoms with Gasteiger partial charge in [-0.1, -0.05) is 0 Å². The number of esters is 1. The van der Waals surface area contributed by atoms with Crippen molar-refractivity contribution < 1.29 is 9.53 Å². The Bertz CT molecular complexity index is 385. The van der Waals surface area contributed by atoms with Crippen LogP contribution in [0.2, 0.25) is 0 Å². The second-order valence-electron chi connectivity index (χ2n) is 4.49. The number of hydrogen-bond acceptors (Lipinski definition) is 4. The van der Waals surface area contributed by atoms with E-state index in [0.29, 0.717) is 6.61 Å². The summed E-state index contributed by atoms with van der Waals surface area (Å²) in [5.41, 5.74) is 0. The summed E-state index contributed by atoms with van der Waals surface area (Å²) in [6.45, 7) is 5.25. The SMILES string of the molecule is CCOC(=O)C(NCC1CC1)c1ccc(C)s1. The van der Waals surface area contributed by atoms with Crippen molar-refractivity contribution in [3.05, 3.63) is 21.9 Å². The van der Waals surface area contributed by atoms with Gasteiger partial charge in [0.1, 0.15) is 6.04 Å². The lowest BCUT2D eigenvalue weighted by Crippen LogP contribution is -2.31. The lowest BCUT2D eigenvalue weighted by Gasteiger charge is -2.15. The molecule has 1 N–H and O–H groups in total. The average molecular weight is 253 g/mol. The molecule has 4 heteroatoms. The van der Waals surface area contributed by atoms with Crippen molar-refractivity contribution in [2.75, 3.05) is 13.2 Å². The van der Waals surface area contributed by atoms with Crippen LogP contribution in [0.3, 0.4) is 0 Å². The first-order chi connectivity index (χ1) is 8.20. The Kier molecular flexibility index (Phi) is 4.18. The first-order valence-electron chi connectivity index (χ1n) is 6.17. The molecule has 1 aliphatic rings. The molecule has 3 nitrogen and oxygen atoms in total. The molecule has 17 heavy (non-hydrogen) atoms. The fraction of sp³-hybridized carbons (Fsp3) is 0.615. The van der Waals surface area contributed by atoms with Gasteiger partial charge >= 0.3 is 5.97 Å². The van der Waals surface area contributed by atoms with Gasteiger partial charge in [0, 0.05) is 9.75 Å². The van der Waals surface area contributed by atoms with Gasteiger partial charge in [-0.3, -0.25) is 5.32 Å². The van der Waals surface area contributed by atoms with Crippen LogP contribution in [0, 0.1) is 12.8 Å². The summed E-state index contributed by atoms with van der Waals surface area (Å²) in [5, 5.41) is 3.33. The smallest absolute Gasteiger partial charge is 0.328 e. The van der Waals surface area contributed by atoms with Crippen LogP contribution in [0.15, 0.2) is 12.1 Å². The van der Waals surface area contributed by atoms with E-state index in [9.17, 15) is 4.79 Å². The van der Waals surface area contributed by atoms with Crippen LogP contribution in [0.4, 0.5) is 0 Å². The molecule has 1 heterocycles. The third-order valence-electron chi connectivity index (χ3n) is 2.88. The average Bonchev–Trinajstić information content (AvgIpc) is 3.02. The lowest BCUT2D eigenvalue weighted by molar-refractivity contribution is -0.145. The minimum absolute atomic E-state index is 0.157. The van der Waals surface area contributed by atoms with Crippen LogP contribution >= 0.6 is 11.3 Å². The molecule has 0 radical (unpaired) electrons. The van der Waals surface area contributed by atoms with Crippen molar-refractivity contribution in [3.63, 3.8) is 0 Å². The number of carbonyl (C=O) groups is 1. The van der Waals surface area contributed by atoms with Gasteiger partial charge < -0.3 is 4.74 Å². The predicted molar refractivity (Wildman–Crippen MR) is 69.2 cm³/mol. The number of thiophene rings is 1. The summed E-state index contributed by atoms with van der Waals surface area (Å²) in [6.07, 6.45) is 2.57. The van der Waals surface area contributed by atoms with E-state index in [1.807, 2.05) is 19.1 Å². The van der Waals surface area contributed by atoms with Crippen LogP contribution in [0.25, 0.3) is 0 Å². The highest BCUT2D eigenvalue weighted by Gasteiger charge is 2.27. The highest BCUT2D eigenvalue weighted by atomic mass is 32.1. The molecule has 1 saturated carbocycles. The maximum absolute atomic E-state index is 11.9. The van der Waals surface area contributed by atoms with Crippen LogP contribution in [0.1, 0.15) is 35.6 Å². The van der Waals surface area contributed by atoms with E-state index < -0.39 is 0 Å². The van der Waals surface area contributed by atoms with Gasteiger partial charge in [-0.15, -0.1) is 11.3 Å². The van der Waals surface area contributed by atoms with Crippen molar-refractivity contribution in [2.45, 2.75) is 32.7 Å². The van der Waals surface area contributed by atoms with Crippen LogP contribution in [-0.2, 0) is 9.53 Å². The minimum atomic E-state index is -0.283. The fourth-order valence-electron chi connectivity index (χ4n) is 1.74. The number of rotatable bonds is 6. The number of hydrogen-bond donors (Lipinski definition) is 1. The van der Waals surface area contributed by atoms with Crippen LogP contribution in [0.5, 0.6) is 0 Å². The van der Waals surface area contributed by atoms with Crippen molar-refractivity contribution >= 4 is 17.3 Å². The van der Waals surface area contributed by atoms with Gasteiger partial charge in [-0.05, 0) is 51.3 Å². The van der Waals surface area contributed by atoms with E-state index in [1.54, 1.807) is 11.3 Å². The third-order valence-corrected chi connectivity index (χ3v) is 3.94. The fourth-order valence-corrected chi connectivity index (χ4v) is 2.68. The van der Waals surface area contributed by atoms with E-state index >= 15 is 0 Å². The maximum Gasteiger partial charge on any atom is 0.328 e. The Labute approximate surface area is 106 Å². The number of aryl methyl sites for hydroxylation is 1. The first-order valence-corrected chi connectivity index (χ1v) is 6.98. The van der Waals surface area contributed by atoms with Crippen LogP contribution < -0.4 is 5.32 Å². The molecular weight excluding hydrogens is 234 g/mol. The number of carbonyl (C=O) groups excluding carboxylic acids is 1. The first kappa shape index (κ1) is 12.6. The Morgan fingerprint density at radius 2 is 2.35 bits per heavy atom. The second-order valence-corrected chi connectivity index (χ2v) is 5.80. The third kappa shape index (κ3) is 3.54. The van der Waals surface area contributed by atoms with E-state index in [1.165, 1.54) is 17.7 Å². The highest BCUT2D eigenvalue weighted by Crippen LogP contribution is 2.30. The molecular formula is C13H19NO2S. The van der Waals surface area contributed by atoms with Gasteiger partial charge in [0.15, 0.2) is 0 Å². The molecule has 0 spiro atoms. The van der Waals surface area contributed by atoms with E-state index in [-0.39, 0.29) is 12.0 Å². The molecule has 0 aliphatic heterocycles. The zero-order chi connectivity index (χ0) is 12.3. The number of nitrogens with one attached hydrogen (secondary N) is 1. The van der Waals surface area contributed by atoms with Gasteiger partial charge in [0.2, 0.25) is 0 Å². The van der Waals surface area contributed by atoms with Crippen LogP contribution in [-0.4, -0.2) is 19.1 Å². The number of ether oxygens (including phenoxy) is 1. The largest absolute Gasteiger partial charge is 0.465 e. The zero-order valence-corrected chi connectivity index (χ0v) is 11.2. The molecule has 0 amide bonds. The Balaban J connectivity index is 2.01. The molecule has 0 bridgehead atoms. The second kappa shape index (κ2) is 5.65. The van der Waals surface area contributed by atoms with E-state index in [2.05, 4.69) is 12.2 Å². The van der Waals surface area contributed by atoms with Gasteiger partial charge in [-0.2, -0.15) is 0 Å². The van der Waals surface area contributed by atoms with Gasteiger partial charge in [0.05, 0.1) is 6.61 Å². The predicted octanol–water partition coefficient (Wildman–Crippen LogP) is 2.66. The monoisotopic (exact) mass is 253 g/mol. The molecule has 1 aromatic heterocycles. The Morgan fingerprint density at radius 3 is 2.88 bits per heavy atom. The van der Waals surface area contributed by atoms with E-state index in [4.69, 9.17) is 4.74 Å². The summed E-state index contributed by atoms with van der Waals surface area (Å²) in [5.74, 6) is 0.600. The molecule has 0 saturated heterocycles. The summed E-state index contributed by atoms with van der Waals surface area (Å²) in [7, 11) is 0. The van der Waals surface area contributed by atoms with Gasteiger partial charge in [0.25, 0.3) is 0 Å². The van der Waals surface area contributed by atoms with Crippen molar-refractivity contribution in [1.29, 1.82) is 0 Å². The summed E-state index contributed by atoms with van der Waals surface area (Å²) in [6, 6.07) is 3.78. The van der Waals surface area contributed by atoms with Crippen molar-refractivity contribution in [1.82, 2.24) is 5.32 Å². The summed E-state index contributed by atoms with van der Waals surface area (Å²) < 4.78 is 5.13. The zero-order valence-electron chi connectivity index (χ0n) is 10.4. The molecule has 0 aromatic carbocycles.